The lowest BCUT2D eigenvalue weighted by molar-refractivity contribution is 0.0771. The van der Waals surface area contributed by atoms with E-state index in [-0.39, 0.29) is 11.0 Å². The van der Waals surface area contributed by atoms with E-state index in [4.69, 9.17) is 5.73 Å². The van der Waals surface area contributed by atoms with E-state index in [1.54, 1.807) is 0 Å². The maximum Gasteiger partial charge on any atom is 0.256 e. The topological polar surface area (TPSA) is 46.3 Å². The average Bonchev–Trinajstić information content (AvgIpc) is 2.75. The minimum Gasteiger partial charge on any atom is -0.338 e. The van der Waals surface area contributed by atoms with Gasteiger partial charge in [-0.25, -0.2) is 8.78 Å². The number of carbonyl (C=O) groups excluding carboxylic acids is 1. The SMILES string of the molecule is CC1(CN)CCN(C(=O)c2cccc(F)c2F)C1. The average molecular weight is 254 g/mol. The highest BCUT2D eigenvalue weighted by atomic mass is 19.2. The summed E-state index contributed by atoms with van der Waals surface area (Å²) in [5.74, 6) is -2.55. The monoisotopic (exact) mass is 254 g/mol. The highest BCUT2D eigenvalue weighted by molar-refractivity contribution is 5.94. The number of hydrogen-bond acceptors (Lipinski definition) is 2. The van der Waals surface area contributed by atoms with Gasteiger partial charge in [-0.1, -0.05) is 13.0 Å². The summed E-state index contributed by atoms with van der Waals surface area (Å²) in [4.78, 5) is 13.6. The first-order valence-electron chi connectivity index (χ1n) is 5.90. The third kappa shape index (κ3) is 2.22. The van der Waals surface area contributed by atoms with Gasteiger partial charge < -0.3 is 10.6 Å². The molecule has 1 unspecified atom stereocenters. The predicted molar refractivity (Wildman–Crippen MR) is 64.0 cm³/mol. The number of likely N-dealkylation sites (tertiary alicyclic amines) is 1. The van der Waals surface area contributed by atoms with Gasteiger partial charge in [-0.2, -0.15) is 0 Å². The molecule has 1 aliphatic heterocycles. The van der Waals surface area contributed by atoms with E-state index in [9.17, 15) is 13.6 Å². The lowest BCUT2D eigenvalue weighted by Gasteiger charge is -2.22. The van der Waals surface area contributed by atoms with Gasteiger partial charge >= 0.3 is 0 Å². The minimum absolute atomic E-state index is 0.126. The molecule has 1 fully saturated rings. The van der Waals surface area contributed by atoms with Crippen molar-refractivity contribution in [1.82, 2.24) is 4.90 Å². The van der Waals surface area contributed by atoms with Crippen LogP contribution in [0, 0.1) is 17.0 Å². The summed E-state index contributed by atoms with van der Waals surface area (Å²) in [5.41, 5.74) is 5.31. The highest BCUT2D eigenvalue weighted by Crippen LogP contribution is 2.29. The molecule has 1 heterocycles. The van der Waals surface area contributed by atoms with Crippen LogP contribution >= 0.6 is 0 Å². The largest absolute Gasteiger partial charge is 0.338 e. The van der Waals surface area contributed by atoms with Crippen molar-refractivity contribution in [2.45, 2.75) is 13.3 Å². The predicted octanol–water partition coefficient (Wildman–Crippen LogP) is 1.78. The molecule has 0 aliphatic carbocycles. The first-order valence-corrected chi connectivity index (χ1v) is 5.90. The Kier molecular flexibility index (Phi) is 3.34. The van der Waals surface area contributed by atoms with Crippen LogP contribution in [-0.2, 0) is 0 Å². The van der Waals surface area contributed by atoms with Crippen molar-refractivity contribution in [3.05, 3.63) is 35.4 Å². The Labute approximate surface area is 105 Å². The minimum atomic E-state index is -1.08. The van der Waals surface area contributed by atoms with Gasteiger partial charge in [0.1, 0.15) is 0 Å². The van der Waals surface area contributed by atoms with Gasteiger partial charge in [-0.05, 0) is 30.5 Å². The molecule has 0 spiro atoms. The van der Waals surface area contributed by atoms with Crippen molar-refractivity contribution < 1.29 is 13.6 Å². The number of halogens is 2. The van der Waals surface area contributed by atoms with Crippen molar-refractivity contribution in [3.8, 4) is 0 Å². The van der Waals surface area contributed by atoms with Crippen LogP contribution in [0.25, 0.3) is 0 Å². The first-order chi connectivity index (χ1) is 8.47. The van der Waals surface area contributed by atoms with E-state index in [2.05, 4.69) is 0 Å². The molecular formula is C13H16F2N2O. The summed E-state index contributed by atoms with van der Waals surface area (Å²) in [7, 11) is 0. The zero-order chi connectivity index (χ0) is 13.3. The molecule has 0 aromatic heterocycles. The quantitative estimate of drug-likeness (QED) is 0.874. The molecule has 1 aliphatic rings. The van der Waals surface area contributed by atoms with Gasteiger partial charge in [0.25, 0.3) is 5.91 Å². The molecule has 1 atom stereocenters. The fourth-order valence-corrected chi connectivity index (χ4v) is 2.20. The molecule has 0 radical (unpaired) electrons. The maximum atomic E-state index is 13.5. The number of amides is 1. The smallest absolute Gasteiger partial charge is 0.256 e. The van der Waals surface area contributed by atoms with Crippen molar-refractivity contribution in [2.75, 3.05) is 19.6 Å². The van der Waals surface area contributed by atoms with Crippen molar-refractivity contribution >= 4 is 5.91 Å². The van der Waals surface area contributed by atoms with Crippen LogP contribution in [0.5, 0.6) is 0 Å². The molecule has 98 valence electrons. The van der Waals surface area contributed by atoms with Gasteiger partial charge in [0, 0.05) is 13.1 Å². The van der Waals surface area contributed by atoms with Crippen LogP contribution in [0.4, 0.5) is 8.78 Å². The van der Waals surface area contributed by atoms with Crippen LogP contribution in [0.2, 0.25) is 0 Å². The van der Waals surface area contributed by atoms with Crippen LogP contribution in [0.3, 0.4) is 0 Å². The fourth-order valence-electron chi connectivity index (χ4n) is 2.20. The standard InChI is InChI=1S/C13H16F2N2O/c1-13(7-16)5-6-17(8-13)12(18)9-3-2-4-10(14)11(9)15/h2-4H,5-8,16H2,1H3. The number of hydrogen-bond donors (Lipinski definition) is 1. The highest BCUT2D eigenvalue weighted by Gasteiger charge is 2.36. The number of benzene rings is 1. The van der Waals surface area contributed by atoms with Crippen LogP contribution in [0.15, 0.2) is 18.2 Å². The third-order valence-electron chi connectivity index (χ3n) is 3.52. The Morgan fingerprint density at radius 3 is 2.83 bits per heavy atom. The molecule has 0 bridgehead atoms. The summed E-state index contributed by atoms with van der Waals surface area (Å²) in [5, 5.41) is 0. The van der Waals surface area contributed by atoms with Gasteiger partial charge in [0.05, 0.1) is 5.56 Å². The van der Waals surface area contributed by atoms with Crippen molar-refractivity contribution in [1.29, 1.82) is 0 Å². The van der Waals surface area contributed by atoms with Gasteiger partial charge in [0.2, 0.25) is 0 Å². The normalized spacial score (nSPS) is 23.4. The second kappa shape index (κ2) is 4.65. The van der Waals surface area contributed by atoms with E-state index in [1.165, 1.54) is 17.0 Å². The van der Waals surface area contributed by atoms with Gasteiger partial charge in [-0.15, -0.1) is 0 Å². The van der Waals surface area contributed by atoms with Crippen molar-refractivity contribution in [3.63, 3.8) is 0 Å². The Balaban J connectivity index is 2.21. The lowest BCUT2D eigenvalue weighted by atomic mass is 9.90. The van der Waals surface area contributed by atoms with E-state index >= 15 is 0 Å². The van der Waals surface area contributed by atoms with E-state index in [0.717, 1.165) is 12.5 Å². The zero-order valence-corrected chi connectivity index (χ0v) is 10.2. The Morgan fingerprint density at radius 1 is 1.50 bits per heavy atom. The van der Waals surface area contributed by atoms with Gasteiger partial charge in [0.15, 0.2) is 11.6 Å². The summed E-state index contributed by atoms with van der Waals surface area (Å²) in [6.07, 6.45) is 0.784. The number of nitrogens with two attached hydrogens (primary N) is 1. The lowest BCUT2D eigenvalue weighted by Crippen LogP contribution is -2.34. The summed E-state index contributed by atoms with van der Waals surface area (Å²) in [6, 6.07) is 3.64. The molecule has 3 nitrogen and oxygen atoms in total. The molecule has 0 saturated carbocycles. The number of nitrogens with zero attached hydrogens (tertiary/aromatic N) is 1. The second-order valence-electron chi connectivity index (χ2n) is 5.09. The number of carbonyl (C=O) groups is 1. The molecular weight excluding hydrogens is 238 g/mol. The second-order valence-corrected chi connectivity index (χ2v) is 5.09. The molecule has 2 N–H and O–H groups in total. The fraction of sp³-hybridized carbons (Fsp3) is 0.462. The van der Waals surface area contributed by atoms with E-state index < -0.39 is 17.5 Å². The molecule has 18 heavy (non-hydrogen) atoms. The molecule has 1 amide bonds. The van der Waals surface area contributed by atoms with Crippen LogP contribution in [0.1, 0.15) is 23.7 Å². The molecule has 2 rings (SSSR count). The zero-order valence-electron chi connectivity index (χ0n) is 10.2. The van der Waals surface area contributed by atoms with E-state index in [0.29, 0.717) is 19.6 Å². The van der Waals surface area contributed by atoms with E-state index in [1.807, 2.05) is 6.92 Å². The Bertz CT molecular complexity index is 478. The van der Waals surface area contributed by atoms with Crippen LogP contribution in [-0.4, -0.2) is 30.4 Å². The maximum absolute atomic E-state index is 13.5. The summed E-state index contributed by atoms with van der Waals surface area (Å²) in [6.45, 7) is 3.48. The van der Waals surface area contributed by atoms with Gasteiger partial charge in [-0.3, -0.25) is 4.79 Å². The summed E-state index contributed by atoms with van der Waals surface area (Å²) >= 11 is 0. The Hall–Kier alpha value is -1.49. The first kappa shape index (κ1) is 13.0. The summed E-state index contributed by atoms with van der Waals surface area (Å²) < 4.78 is 26.6. The third-order valence-corrected chi connectivity index (χ3v) is 3.52. The van der Waals surface area contributed by atoms with Crippen molar-refractivity contribution in [2.24, 2.45) is 11.1 Å². The number of rotatable bonds is 2. The Morgan fingerprint density at radius 2 is 2.22 bits per heavy atom. The molecule has 5 heteroatoms. The molecule has 1 saturated heterocycles. The molecule has 1 aromatic carbocycles. The molecule has 1 aromatic rings. The van der Waals surface area contributed by atoms with Crippen LogP contribution < -0.4 is 5.73 Å².